The summed E-state index contributed by atoms with van der Waals surface area (Å²) in [5.74, 6) is 0.979. The highest BCUT2D eigenvalue weighted by molar-refractivity contribution is 9.09. The number of alkyl halides is 1. The fourth-order valence-electron chi connectivity index (χ4n) is 3.77. The number of pyridine rings is 1. The number of hydrogen-bond donors (Lipinski definition) is 0. The zero-order valence-electron chi connectivity index (χ0n) is 16.1. The summed E-state index contributed by atoms with van der Waals surface area (Å²) in [6.07, 6.45) is 3.59. The zero-order chi connectivity index (χ0) is 20.0. The van der Waals surface area contributed by atoms with Crippen molar-refractivity contribution >= 4 is 38.2 Å². The van der Waals surface area contributed by atoms with Crippen LogP contribution in [0, 0.1) is 0 Å². The van der Waals surface area contributed by atoms with E-state index in [1.807, 2.05) is 47.2 Å². The van der Waals surface area contributed by atoms with Gasteiger partial charge in [0.15, 0.2) is 10.9 Å². The van der Waals surface area contributed by atoms with Crippen molar-refractivity contribution in [3.8, 4) is 5.82 Å². The molecule has 0 saturated heterocycles. The summed E-state index contributed by atoms with van der Waals surface area (Å²) < 4.78 is 2.72. The van der Waals surface area contributed by atoms with Crippen LogP contribution in [0.5, 0.6) is 0 Å². The van der Waals surface area contributed by atoms with Crippen LogP contribution in [0.3, 0.4) is 0 Å². The lowest BCUT2D eigenvalue weighted by molar-refractivity contribution is 0.708. The summed E-state index contributed by atoms with van der Waals surface area (Å²) in [6.45, 7) is 2.84. The molecule has 0 fully saturated rings. The molecule has 0 N–H and O–H groups in total. The van der Waals surface area contributed by atoms with Gasteiger partial charge < -0.3 is 9.80 Å². The van der Waals surface area contributed by atoms with Gasteiger partial charge in [0.05, 0.1) is 0 Å². The van der Waals surface area contributed by atoms with Crippen molar-refractivity contribution in [2.75, 3.05) is 23.4 Å². The van der Waals surface area contributed by atoms with Gasteiger partial charge in [0.2, 0.25) is 0 Å². The minimum atomic E-state index is -0.406. The van der Waals surface area contributed by atoms with Gasteiger partial charge in [-0.3, -0.25) is 9.36 Å². The average molecular weight is 444 g/mol. The maximum Gasteiger partial charge on any atom is 0.338 e. The van der Waals surface area contributed by atoms with Crippen LogP contribution in [-0.2, 0) is 7.05 Å². The van der Waals surface area contributed by atoms with Gasteiger partial charge in [-0.25, -0.2) is 14.3 Å². The standard InChI is InChI=1S/C20H22BrN5O2/c1-4-5-12-25-15-17(23(2)19(25)21)24(3)20(28)26(18(15)27)16-14-9-7-6-8-13(14)10-11-22-16/h6-11,19H,4-5,12H2,1-3H3. The number of hydrogen-bond acceptors (Lipinski definition) is 5. The van der Waals surface area contributed by atoms with Crippen molar-refractivity contribution in [2.45, 2.75) is 24.8 Å². The summed E-state index contributed by atoms with van der Waals surface area (Å²) in [4.78, 5) is 35.1. The first-order valence-corrected chi connectivity index (χ1v) is 10.2. The highest BCUT2D eigenvalue weighted by Crippen LogP contribution is 2.37. The Balaban J connectivity index is 2.04. The molecule has 8 heteroatoms. The van der Waals surface area contributed by atoms with Crippen LogP contribution in [0.2, 0.25) is 0 Å². The highest BCUT2D eigenvalue weighted by atomic mass is 79.9. The van der Waals surface area contributed by atoms with E-state index in [0.29, 0.717) is 17.3 Å². The number of aromatic nitrogens is 3. The molecule has 0 aliphatic carbocycles. The van der Waals surface area contributed by atoms with E-state index in [1.54, 1.807) is 13.2 Å². The Kier molecular flexibility index (Phi) is 4.74. The number of fused-ring (bicyclic) bond motifs is 2. The largest absolute Gasteiger partial charge is 0.338 e. The molecule has 1 aromatic carbocycles. The maximum absolute atomic E-state index is 13.6. The van der Waals surface area contributed by atoms with Crippen LogP contribution >= 0.6 is 15.9 Å². The molecular formula is C20H22BrN5O2. The van der Waals surface area contributed by atoms with E-state index < -0.39 is 5.69 Å². The van der Waals surface area contributed by atoms with E-state index in [-0.39, 0.29) is 10.6 Å². The highest BCUT2D eigenvalue weighted by Gasteiger charge is 2.37. The lowest BCUT2D eigenvalue weighted by Gasteiger charge is -2.25. The molecule has 3 heterocycles. The number of unbranched alkanes of at least 4 members (excludes halogenated alkanes) is 1. The van der Waals surface area contributed by atoms with Gasteiger partial charge in [-0.1, -0.05) is 37.6 Å². The topological polar surface area (TPSA) is 63.4 Å². The van der Waals surface area contributed by atoms with E-state index in [4.69, 9.17) is 0 Å². The predicted octanol–water partition coefficient (Wildman–Crippen LogP) is 2.82. The van der Waals surface area contributed by atoms with Gasteiger partial charge >= 0.3 is 5.69 Å². The van der Waals surface area contributed by atoms with Gasteiger partial charge in [0, 0.05) is 32.2 Å². The first-order valence-electron chi connectivity index (χ1n) is 9.31. The molecule has 2 aromatic heterocycles. The van der Waals surface area contributed by atoms with Gasteiger partial charge in [-0.15, -0.1) is 0 Å². The Morgan fingerprint density at radius 1 is 1.14 bits per heavy atom. The quantitative estimate of drug-likeness (QED) is 0.458. The predicted molar refractivity (Wildman–Crippen MR) is 116 cm³/mol. The van der Waals surface area contributed by atoms with Crippen LogP contribution in [0.25, 0.3) is 16.6 Å². The van der Waals surface area contributed by atoms with Gasteiger partial charge in [-0.2, -0.15) is 0 Å². The summed E-state index contributed by atoms with van der Waals surface area (Å²) in [5.41, 5.74) is -0.224. The minimum absolute atomic E-state index is 0.177. The molecule has 0 amide bonds. The molecule has 0 radical (unpaired) electrons. The second-order valence-electron chi connectivity index (χ2n) is 6.98. The van der Waals surface area contributed by atoms with E-state index in [0.717, 1.165) is 30.2 Å². The SMILES string of the molecule is CCCCN1c2c(n(C)c(=O)n(-c3nccc4ccccc34)c2=O)N(C)C1Br. The van der Waals surface area contributed by atoms with Crippen LogP contribution in [0.15, 0.2) is 46.1 Å². The number of nitrogens with zero attached hydrogens (tertiary/aromatic N) is 5. The number of anilines is 2. The van der Waals surface area contributed by atoms with E-state index >= 15 is 0 Å². The average Bonchev–Trinajstić information content (AvgIpc) is 2.96. The molecule has 0 bridgehead atoms. The third kappa shape index (κ3) is 2.66. The second kappa shape index (κ2) is 7.09. The van der Waals surface area contributed by atoms with Gasteiger partial charge in [0.25, 0.3) is 5.56 Å². The Morgan fingerprint density at radius 2 is 1.89 bits per heavy atom. The van der Waals surface area contributed by atoms with Crippen LogP contribution in [0.1, 0.15) is 19.8 Å². The fraction of sp³-hybridized carbons (Fsp3) is 0.350. The number of rotatable bonds is 4. The van der Waals surface area contributed by atoms with Crippen molar-refractivity contribution in [1.29, 1.82) is 0 Å². The number of halogens is 1. The lowest BCUT2D eigenvalue weighted by atomic mass is 10.1. The monoisotopic (exact) mass is 443 g/mol. The maximum atomic E-state index is 13.6. The van der Waals surface area contributed by atoms with Crippen molar-refractivity contribution in [3.63, 3.8) is 0 Å². The Morgan fingerprint density at radius 3 is 2.64 bits per heavy atom. The third-order valence-electron chi connectivity index (χ3n) is 5.23. The molecule has 146 valence electrons. The molecule has 1 aliphatic heterocycles. The lowest BCUT2D eigenvalue weighted by Crippen LogP contribution is -2.41. The zero-order valence-corrected chi connectivity index (χ0v) is 17.7. The molecule has 3 aromatic rings. The van der Waals surface area contributed by atoms with Crippen molar-refractivity contribution in [3.05, 3.63) is 57.4 Å². The van der Waals surface area contributed by atoms with E-state index in [9.17, 15) is 9.59 Å². The van der Waals surface area contributed by atoms with E-state index in [2.05, 4.69) is 27.8 Å². The summed E-state index contributed by atoms with van der Waals surface area (Å²) in [6, 6.07) is 9.50. The van der Waals surface area contributed by atoms with Crippen LogP contribution in [-0.4, -0.2) is 32.8 Å². The third-order valence-corrected chi connectivity index (χ3v) is 6.34. The second-order valence-corrected chi connectivity index (χ2v) is 7.80. The molecule has 7 nitrogen and oxygen atoms in total. The Bertz CT molecular complexity index is 1160. The molecule has 1 aliphatic rings. The van der Waals surface area contributed by atoms with Gasteiger partial charge in [-0.05, 0) is 33.8 Å². The molecule has 1 atom stereocenters. The van der Waals surface area contributed by atoms with Gasteiger partial charge in [0.1, 0.15) is 11.5 Å². The Hall–Kier alpha value is -2.61. The molecule has 28 heavy (non-hydrogen) atoms. The smallest absolute Gasteiger partial charge is 0.335 e. The molecule has 1 unspecified atom stereocenters. The molecule has 0 saturated carbocycles. The Labute approximate surface area is 171 Å². The first-order chi connectivity index (χ1) is 13.5. The van der Waals surface area contributed by atoms with Crippen LogP contribution in [0.4, 0.5) is 11.5 Å². The number of benzene rings is 1. The minimum Gasteiger partial charge on any atom is -0.335 e. The summed E-state index contributed by atoms with van der Waals surface area (Å²) in [5, 5.41) is 1.52. The van der Waals surface area contributed by atoms with Crippen molar-refractivity contribution in [2.24, 2.45) is 7.05 Å². The van der Waals surface area contributed by atoms with Crippen LogP contribution < -0.4 is 21.0 Å². The normalized spacial score (nSPS) is 16.1. The molecular weight excluding hydrogens is 422 g/mol. The molecule has 0 spiro atoms. The summed E-state index contributed by atoms with van der Waals surface area (Å²) >= 11 is 3.67. The first kappa shape index (κ1) is 18.7. The van der Waals surface area contributed by atoms with Crippen molar-refractivity contribution < 1.29 is 0 Å². The fourth-order valence-corrected chi connectivity index (χ4v) is 4.38. The van der Waals surface area contributed by atoms with E-state index in [1.165, 1.54) is 9.13 Å². The molecule has 4 rings (SSSR count). The summed E-state index contributed by atoms with van der Waals surface area (Å²) in [7, 11) is 3.57. The van der Waals surface area contributed by atoms with Crippen molar-refractivity contribution in [1.82, 2.24) is 14.1 Å².